The number of aromatic amines is 1. The van der Waals surface area contributed by atoms with Crippen molar-refractivity contribution in [2.24, 2.45) is 5.41 Å². The van der Waals surface area contributed by atoms with Crippen molar-refractivity contribution in [3.05, 3.63) is 30.5 Å². The molecule has 0 amide bonds. The van der Waals surface area contributed by atoms with E-state index in [1.807, 2.05) is 6.20 Å². The fourth-order valence-corrected chi connectivity index (χ4v) is 1.77. The minimum absolute atomic E-state index is 0.0485. The van der Waals surface area contributed by atoms with Crippen LogP contribution in [0, 0.1) is 5.41 Å². The Bertz CT molecular complexity index is 486. The predicted molar refractivity (Wildman–Crippen MR) is 72.3 cm³/mol. The zero-order chi connectivity index (χ0) is 12.3. The molecule has 0 fully saturated rings. The van der Waals surface area contributed by atoms with E-state index in [1.54, 1.807) is 0 Å². The third-order valence-electron chi connectivity index (χ3n) is 3.51. The highest BCUT2D eigenvalue weighted by Gasteiger charge is 2.20. The number of aromatic nitrogens is 1. The highest BCUT2D eigenvalue weighted by Crippen LogP contribution is 2.23. The van der Waals surface area contributed by atoms with E-state index < -0.39 is 0 Å². The average Bonchev–Trinajstić information content (AvgIpc) is 2.83. The quantitative estimate of drug-likeness (QED) is 0.742. The summed E-state index contributed by atoms with van der Waals surface area (Å²) in [7, 11) is 0. The van der Waals surface area contributed by atoms with Gasteiger partial charge in [0.2, 0.25) is 0 Å². The molecule has 0 aliphatic heterocycles. The van der Waals surface area contributed by atoms with Crippen molar-refractivity contribution in [3.63, 3.8) is 0 Å². The lowest BCUT2D eigenvalue weighted by Gasteiger charge is -2.26. The van der Waals surface area contributed by atoms with Crippen molar-refractivity contribution in [2.75, 3.05) is 18.5 Å². The maximum atomic E-state index is 9.36. The molecule has 17 heavy (non-hydrogen) atoms. The smallest absolute Gasteiger partial charge is 0.0501 e. The van der Waals surface area contributed by atoms with E-state index >= 15 is 0 Å². The van der Waals surface area contributed by atoms with E-state index in [0.717, 1.165) is 24.2 Å². The summed E-state index contributed by atoms with van der Waals surface area (Å²) < 4.78 is 0. The summed E-state index contributed by atoms with van der Waals surface area (Å²) in [6.45, 7) is 5.20. The molecule has 3 N–H and O–H groups in total. The van der Waals surface area contributed by atoms with Crippen molar-refractivity contribution in [2.45, 2.75) is 20.3 Å². The van der Waals surface area contributed by atoms with E-state index in [-0.39, 0.29) is 12.0 Å². The van der Waals surface area contributed by atoms with Gasteiger partial charge < -0.3 is 15.4 Å². The molecule has 2 aromatic rings. The molecular weight excluding hydrogens is 212 g/mol. The summed E-state index contributed by atoms with van der Waals surface area (Å²) >= 11 is 0. The van der Waals surface area contributed by atoms with Crippen LogP contribution in [0.15, 0.2) is 30.5 Å². The van der Waals surface area contributed by atoms with Gasteiger partial charge in [0, 0.05) is 34.7 Å². The first-order valence-corrected chi connectivity index (χ1v) is 6.09. The molecule has 0 aliphatic carbocycles. The summed E-state index contributed by atoms with van der Waals surface area (Å²) in [6, 6.07) is 8.32. The Morgan fingerprint density at radius 1 is 1.35 bits per heavy atom. The van der Waals surface area contributed by atoms with Gasteiger partial charge in [0.25, 0.3) is 0 Å². The minimum Gasteiger partial charge on any atom is -0.396 e. The molecule has 1 aromatic heterocycles. The lowest BCUT2D eigenvalue weighted by Crippen LogP contribution is -2.29. The fourth-order valence-electron chi connectivity index (χ4n) is 1.77. The number of anilines is 1. The Morgan fingerprint density at radius 3 is 2.88 bits per heavy atom. The summed E-state index contributed by atoms with van der Waals surface area (Å²) in [5.74, 6) is 0. The summed E-state index contributed by atoms with van der Waals surface area (Å²) in [6.07, 6.45) is 2.90. The second kappa shape index (κ2) is 4.80. The molecule has 0 saturated heterocycles. The molecule has 0 saturated carbocycles. The van der Waals surface area contributed by atoms with Gasteiger partial charge in [0.15, 0.2) is 0 Å². The van der Waals surface area contributed by atoms with Crippen molar-refractivity contribution < 1.29 is 5.11 Å². The molecule has 0 spiro atoms. The molecule has 0 bridgehead atoms. The second-order valence-corrected chi connectivity index (χ2v) is 4.96. The Kier molecular flexibility index (Phi) is 3.38. The number of fused-ring (bicyclic) bond motifs is 1. The van der Waals surface area contributed by atoms with Crippen LogP contribution in [-0.4, -0.2) is 23.2 Å². The average molecular weight is 232 g/mol. The Hall–Kier alpha value is -1.48. The largest absolute Gasteiger partial charge is 0.396 e. The van der Waals surface area contributed by atoms with Crippen LogP contribution in [0.3, 0.4) is 0 Å². The van der Waals surface area contributed by atoms with E-state index in [2.05, 4.69) is 48.4 Å². The van der Waals surface area contributed by atoms with Gasteiger partial charge in [-0.05, 0) is 30.7 Å². The number of nitrogens with one attached hydrogen (secondary N) is 2. The lowest BCUT2D eigenvalue weighted by molar-refractivity contribution is 0.149. The van der Waals surface area contributed by atoms with Gasteiger partial charge in [0.05, 0.1) is 6.61 Å². The molecule has 1 unspecified atom stereocenters. The van der Waals surface area contributed by atoms with Crippen LogP contribution < -0.4 is 5.32 Å². The third-order valence-corrected chi connectivity index (χ3v) is 3.51. The number of hydrogen-bond acceptors (Lipinski definition) is 2. The molecule has 1 atom stereocenters. The molecule has 3 nitrogen and oxygen atoms in total. The van der Waals surface area contributed by atoms with E-state index in [0.29, 0.717) is 0 Å². The monoisotopic (exact) mass is 232 g/mol. The Balaban J connectivity index is 2.08. The van der Waals surface area contributed by atoms with Gasteiger partial charge in [0.1, 0.15) is 0 Å². The van der Waals surface area contributed by atoms with Gasteiger partial charge in [-0.2, -0.15) is 0 Å². The predicted octanol–water partition coefficient (Wildman–Crippen LogP) is 2.99. The normalized spacial score (nSPS) is 14.8. The minimum atomic E-state index is -0.0485. The van der Waals surface area contributed by atoms with E-state index in [1.165, 1.54) is 5.39 Å². The first-order valence-electron chi connectivity index (χ1n) is 6.09. The van der Waals surface area contributed by atoms with E-state index in [9.17, 15) is 5.11 Å². The number of hydrogen-bond donors (Lipinski definition) is 3. The van der Waals surface area contributed by atoms with Crippen LogP contribution in [0.1, 0.15) is 20.3 Å². The van der Waals surface area contributed by atoms with Crippen LogP contribution in [0.4, 0.5) is 5.69 Å². The highest BCUT2D eigenvalue weighted by atomic mass is 16.3. The fraction of sp³-hybridized carbons (Fsp3) is 0.429. The van der Waals surface area contributed by atoms with Gasteiger partial charge in [-0.25, -0.2) is 0 Å². The Labute approximate surface area is 102 Å². The topological polar surface area (TPSA) is 48.0 Å². The molecule has 92 valence electrons. The number of benzene rings is 1. The number of H-pyrrole nitrogens is 1. The van der Waals surface area contributed by atoms with Crippen LogP contribution in [0.5, 0.6) is 0 Å². The standard InChI is InChI=1S/C14H20N2O/c1-3-14(2,10-17)9-16-12-4-5-13-11(8-12)6-7-15-13/h4-8,15-17H,3,9-10H2,1-2H3. The van der Waals surface area contributed by atoms with Gasteiger partial charge in [-0.1, -0.05) is 13.8 Å². The molecule has 3 heteroatoms. The third kappa shape index (κ3) is 2.61. The maximum absolute atomic E-state index is 9.36. The molecule has 1 heterocycles. The van der Waals surface area contributed by atoms with Crippen molar-refractivity contribution in [1.82, 2.24) is 4.98 Å². The molecule has 1 aromatic carbocycles. The summed E-state index contributed by atoms with van der Waals surface area (Å²) in [5.41, 5.74) is 2.20. The molecule has 0 radical (unpaired) electrons. The van der Waals surface area contributed by atoms with Crippen molar-refractivity contribution in [3.8, 4) is 0 Å². The first kappa shape index (κ1) is 12.0. The summed E-state index contributed by atoms with van der Waals surface area (Å²) in [4.78, 5) is 3.17. The second-order valence-electron chi connectivity index (χ2n) is 4.96. The van der Waals surface area contributed by atoms with Gasteiger partial charge in [-0.3, -0.25) is 0 Å². The molecule has 2 rings (SSSR count). The van der Waals surface area contributed by atoms with Crippen LogP contribution >= 0.6 is 0 Å². The number of aliphatic hydroxyl groups excluding tert-OH is 1. The van der Waals surface area contributed by atoms with Gasteiger partial charge in [-0.15, -0.1) is 0 Å². The van der Waals surface area contributed by atoms with Crippen molar-refractivity contribution in [1.29, 1.82) is 0 Å². The summed E-state index contributed by atoms with van der Waals surface area (Å²) in [5, 5.41) is 14.0. The maximum Gasteiger partial charge on any atom is 0.0501 e. The molecule has 0 aliphatic rings. The van der Waals surface area contributed by atoms with Gasteiger partial charge >= 0.3 is 0 Å². The lowest BCUT2D eigenvalue weighted by atomic mass is 9.88. The first-order chi connectivity index (χ1) is 8.17. The van der Waals surface area contributed by atoms with Crippen LogP contribution in [-0.2, 0) is 0 Å². The van der Waals surface area contributed by atoms with Crippen molar-refractivity contribution >= 4 is 16.6 Å². The Morgan fingerprint density at radius 2 is 2.18 bits per heavy atom. The van der Waals surface area contributed by atoms with E-state index in [4.69, 9.17) is 0 Å². The number of rotatable bonds is 5. The zero-order valence-corrected chi connectivity index (χ0v) is 10.5. The highest BCUT2D eigenvalue weighted by molar-refractivity contribution is 5.82. The van der Waals surface area contributed by atoms with Crippen LogP contribution in [0.2, 0.25) is 0 Å². The van der Waals surface area contributed by atoms with Crippen LogP contribution in [0.25, 0.3) is 10.9 Å². The zero-order valence-electron chi connectivity index (χ0n) is 10.5. The SMILES string of the molecule is CCC(C)(CO)CNc1ccc2[nH]ccc2c1. The molecular formula is C14H20N2O. The number of aliphatic hydroxyl groups is 1.